The number of nitrogens with one attached hydrogen (secondary N) is 1. The number of likely N-dealkylation sites (N-methyl/N-ethyl adjacent to an activating group) is 1. The first kappa shape index (κ1) is 15.3. The monoisotopic (exact) mass is 270 g/mol. The molecular weight excluding hydrogens is 248 g/mol. The van der Waals surface area contributed by atoms with E-state index in [9.17, 15) is 0 Å². The van der Waals surface area contributed by atoms with Gasteiger partial charge in [0.25, 0.3) is 0 Å². The molecule has 2 rings (SSSR count). The summed E-state index contributed by atoms with van der Waals surface area (Å²) >= 11 is 0. The Morgan fingerprint density at radius 1 is 1.44 bits per heavy atom. The predicted molar refractivity (Wildman–Crippen MR) is 78.7 cm³/mol. The Morgan fingerprint density at radius 3 is 2.94 bits per heavy atom. The number of nitrogens with zero attached hydrogens (tertiary/aromatic N) is 1. The van der Waals surface area contributed by atoms with Crippen molar-refractivity contribution in [2.75, 3.05) is 32.6 Å². The van der Waals surface area contributed by atoms with Crippen molar-refractivity contribution in [2.45, 2.75) is 25.9 Å². The molecule has 1 N–H and O–H groups in total. The van der Waals surface area contributed by atoms with E-state index in [-0.39, 0.29) is 12.4 Å². The zero-order valence-corrected chi connectivity index (χ0v) is 12.2. The van der Waals surface area contributed by atoms with Gasteiger partial charge in [0, 0.05) is 31.9 Å². The standard InChI is InChI=1S/C14H22N2O.ClH/c1-11(10-17-3)16(2)9-13-6-4-5-12-7-8-15-14(12)13;/h4-6,11,15H,7-10H2,1-3H3;1H. The van der Waals surface area contributed by atoms with Crippen LogP contribution in [0.2, 0.25) is 0 Å². The van der Waals surface area contributed by atoms with Crippen molar-refractivity contribution in [3.63, 3.8) is 0 Å². The molecule has 18 heavy (non-hydrogen) atoms. The van der Waals surface area contributed by atoms with Gasteiger partial charge in [-0.3, -0.25) is 4.90 Å². The summed E-state index contributed by atoms with van der Waals surface area (Å²) in [5, 5.41) is 3.49. The molecule has 0 amide bonds. The van der Waals surface area contributed by atoms with E-state index < -0.39 is 0 Å². The lowest BCUT2D eigenvalue weighted by molar-refractivity contribution is 0.112. The summed E-state index contributed by atoms with van der Waals surface area (Å²) < 4.78 is 5.20. The number of rotatable bonds is 5. The van der Waals surface area contributed by atoms with E-state index in [1.54, 1.807) is 7.11 Å². The smallest absolute Gasteiger partial charge is 0.0615 e. The number of benzene rings is 1. The van der Waals surface area contributed by atoms with Gasteiger partial charge in [-0.25, -0.2) is 0 Å². The van der Waals surface area contributed by atoms with Gasteiger partial charge in [-0.1, -0.05) is 18.2 Å². The number of anilines is 1. The number of methoxy groups -OCH3 is 1. The van der Waals surface area contributed by atoms with Crippen molar-refractivity contribution < 1.29 is 4.74 Å². The van der Waals surface area contributed by atoms with E-state index in [1.807, 2.05) is 0 Å². The highest BCUT2D eigenvalue weighted by Crippen LogP contribution is 2.27. The molecule has 1 heterocycles. The number of hydrogen-bond acceptors (Lipinski definition) is 3. The summed E-state index contributed by atoms with van der Waals surface area (Å²) in [5.41, 5.74) is 4.20. The molecule has 1 aromatic carbocycles. The molecule has 0 saturated heterocycles. The minimum atomic E-state index is 0. The van der Waals surface area contributed by atoms with Crippen molar-refractivity contribution in [1.29, 1.82) is 0 Å². The number of para-hydroxylation sites is 1. The van der Waals surface area contributed by atoms with Crippen LogP contribution in [0.4, 0.5) is 5.69 Å². The van der Waals surface area contributed by atoms with Crippen LogP contribution in [0.3, 0.4) is 0 Å². The van der Waals surface area contributed by atoms with E-state index in [2.05, 4.69) is 42.4 Å². The van der Waals surface area contributed by atoms with E-state index in [0.29, 0.717) is 6.04 Å². The molecule has 0 bridgehead atoms. The van der Waals surface area contributed by atoms with Gasteiger partial charge in [0.15, 0.2) is 0 Å². The zero-order valence-electron chi connectivity index (χ0n) is 11.4. The molecule has 1 unspecified atom stereocenters. The van der Waals surface area contributed by atoms with Crippen molar-refractivity contribution in [3.8, 4) is 0 Å². The largest absolute Gasteiger partial charge is 0.384 e. The van der Waals surface area contributed by atoms with Crippen molar-refractivity contribution in [1.82, 2.24) is 4.90 Å². The molecule has 0 aliphatic carbocycles. The molecule has 1 atom stereocenters. The molecular formula is C14H23ClN2O. The first-order valence-corrected chi connectivity index (χ1v) is 6.26. The molecule has 1 aliphatic rings. The third-order valence-electron chi connectivity index (χ3n) is 3.51. The second-order valence-electron chi connectivity index (χ2n) is 4.85. The highest BCUT2D eigenvalue weighted by molar-refractivity contribution is 5.85. The second kappa shape index (κ2) is 6.98. The van der Waals surface area contributed by atoms with E-state index in [0.717, 1.165) is 26.1 Å². The van der Waals surface area contributed by atoms with Gasteiger partial charge >= 0.3 is 0 Å². The zero-order chi connectivity index (χ0) is 12.3. The number of fused-ring (bicyclic) bond motifs is 1. The third-order valence-corrected chi connectivity index (χ3v) is 3.51. The fourth-order valence-electron chi connectivity index (χ4n) is 2.34. The van der Waals surface area contributed by atoms with Crippen molar-refractivity contribution in [2.24, 2.45) is 0 Å². The minimum absolute atomic E-state index is 0. The van der Waals surface area contributed by atoms with Gasteiger partial charge in [0.2, 0.25) is 0 Å². The van der Waals surface area contributed by atoms with Crippen LogP contribution in [0, 0.1) is 0 Å². The summed E-state index contributed by atoms with van der Waals surface area (Å²) in [5.74, 6) is 0. The quantitative estimate of drug-likeness (QED) is 0.890. The van der Waals surface area contributed by atoms with Crippen LogP contribution in [0.1, 0.15) is 18.1 Å². The normalized spacial score (nSPS) is 14.9. The number of ether oxygens (including phenoxy) is 1. The fourth-order valence-corrected chi connectivity index (χ4v) is 2.34. The second-order valence-corrected chi connectivity index (χ2v) is 4.85. The first-order valence-electron chi connectivity index (χ1n) is 6.26. The lowest BCUT2D eigenvalue weighted by Gasteiger charge is -2.25. The Labute approximate surface area is 116 Å². The summed E-state index contributed by atoms with van der Waals surface area (Å²) in [7, 11) is 3.91. The highest BCUT2D eigenvalue weighted by atomic mass is 35.5. The van der Waals surface area contributed by atoms with Crippen molar-refractivity contribution in [3.05, 3.63) is 29.3 Å². The van der Waals surface area contributed by atoms with Gasteiger partial charge < -0.3 is 10.1 Å². The van der Waals surface area contributed by atoms with Gasteiger partial charge in [0.1, 0.15) is 0 Å². The Bertz CT molecular complexity index is 384. The van der Waals surface area contributed by atoms with Crippen LogP contribution in [-0.2, 0) is 17.7 Å². The van der Waals surface area contributed by atoms with E-state index in [4.69, 9.17) is 4.74 Å². The maximum atomic E-state index is 5.20. The summed E-state index contributed by atoms with van der Waals surface area (Å²) in [6.07, 6.45) is 1.15. The topological polar surface area (TPSA) is 24.5 Å². The Hall–Kier alpha value is -0.770. The van der Waals surface area contributed by atoms with Gasteiger partial charge in [-0.05, 0) is 31.5 Å². The summed E-state index contributed by atoms with van der Waals surface area (Å²) in [6, 6.07) is 7.04. The predicted octanol–water partition coefficient (Wildman–Crippen LogP) is 2.54. The maximum absolute atomic E-state index is 5.20. The molecule has 4 heteroatoms. The lowest BCUT2D eigenvalue weighted by Crippen LogP contribution is -2.32. The lowest BCUT2D eigenvalue weighted by atomic mass is 10.1. The van der Waals surface area contributed by atoms with Crippen LogP contribution in [-0.4, -0.2) is 38.3 Å². The molecule has 0 saturated carbocycles. The van der Waals surface area contributed by atoms with Crippen LogP contribution in [0.25, 0.3) is 0 Å². The molecule has 1 aliphatic heterocycles. The minimum Gasteiger partial charge on any atom is -0.384 e. The summed E-state index contributed by atoms with van der Waals surface area (Å²) in [4.78, 5) is 2.33. The SMILES string of the molecule is COCC(C)N(C)Cc1cccc2c1NCC2.Cl. The Morgan fingerprint density at radius 2 is 2.22 bits per heavy atom. The third kappa shape index (κ3) is 3.37. The summed E-state index contributed by atoms with van der Waals surface area (Å²) in [6.45, 7) is 5.02. The number of halogens is 1. The molecule has 0 fully saturated rings. The average Bonchev–Trinajstić information content (AvgIpc) is 2.78. The van der Waals surface area contributed by atoms with Crippen LogP contribution in [0.15, 0.2) is 18.2 Å². The van der Waals surface area contributed by atoms with E-state index in [1.165, 1.54) is 16.8 Å². The highest BCUT2D eigenvalue weighted by Gasteiger charge is 2.16. The average molecular weight is 271 g/mol. The number of hydrogen-bond donors (Lipinski definition) is 1. The fraction of sp³-hybridized carbons (Fsp3) is 0.571. The molecule has 102 valence electrons. The van der Waals surface area contributed by atoms with Crippen LogP contribution in [0.5, 0.6) is 0 Å². The van der Waals surface area contributed by atoms with Crippen LogP contribution < -0.4 is 5.32 Å². The van der Waals surface area contributed by atoms with Crippen molar-refractivity contribution >= 4 is 18.1 Å². The molecule has 1 aromatic rings. The van der Waals surface area contributed by atoms with Gasteiger partial charge in [-0.2, -0.15) is 0 Å². The molecule has 0 aromatic heterocycles. The molecule has 3 nitrogen and oxygen atoms in total. The maximum Gasteiger partial charge on any atom is 0.0615 e. The molecule has 0 radical (unpaired) electrons. The van der Waals surface area contributed by atoms with Crippen LogP contribution >= 0.6 is 12.4 Å². The van der Waals surface area contributed by atoms with E-state index >= 15 is 0 Å². The van der Waals surface area contributed by atoms with Gasteiger partial charge in [0.05, 0.1) is 6.61 Å². The van der Waals surface area contributed by atoms with Gasteiger partial charge in [-0.15, -0.1) is 12.4 Å². The Balaban J connectivity index is 0.00000162. The molecule has 0 spiro atoms. The Kier molecular flexibility index (Phi) is 5.93. The first-order chi connectivity index (χ1) is 8.22.